The Bertz CT molecular complexity index is 553. The molecule has 1 saturated heterocycles. The number of likely N-dealkylation sites (N-methyl/N-ethyl adjacent to an activating group) is 1. The third-order valence-corrected chi connectivity index (χ3v) is 4.36. The molecule has 2 nitrogen and oxygen atoms in total. The van der Waals surface area contributed by atoms with Gasteiger partial charge in [-0.15, -0.1) is 0 Å². The fraction of sp³-hybridized carbons (Fsp3) is 0.500. The minimum atomic E-state index is -4.29. The van der Waals surface area contributed by atoms with Crippen molar-refractivity contribution in [2.45, 2.75) is 31.1 Å². The molecule has 0 radical (unpaired) electrons. The van der Waals surface area contributed by atoms with Crippen molar-refractivity contribution in [3.05, 3.63) is 47.0 Å². The molecule has 114 valence electrons. The van der Waals surface area contributed by atoms with Crippen LogP contribution in [0.25, 0.3) is 0 Å². The minimum Gasteiger partial charge on any atom is -0.378 e. The molecule has 0 amide bonds. The van der Waals surface area contributed by atoms with Crippen molar-refractivity contribution in [3.63, 3.8) is 0 Å². The van der Waals surface area contributed by atoms with Crippen LogP contribution >= 0.6 is 0 Å². The number of alkyl halides is 3. The van der Waals surface area contributed by atoms with Crippen molar-refractivity contribution in [1.29, 1.82) is 0 Å². The first-order valence-corrected chi connectivity index (χ1v) is 7.09. The summed E-state index contributed by atoms with van der Waals surface area (Å²) in [5, 5.41) is 0. The number of hydrogen-bond donors (Lipinski definition) is 0. The lowest BCUT2D eigenvalue weighted by atomic mass is 9.89. The highest BCUT2D eigenvalue weighted by Crippen LogP contribution is 2.34. The Morgan fingerprint density at radius 1 is 1.24 bits per heavy atom. The second-order valence-corrected chi connectivity index (χ2v) is 5.78. The van der Waals surface area contributed by atoms with Gasteiger partial charge in [-0.1, -0.05) is 29.8 Å². The fourth-order valence-corrected chi connectivity index (χ4v) is 3.17. The molecule has 3 rings (SSSR count). The molecule has 2 aliphatic heterocycles. The van der Waals surface area contributed by atoms with Crippen LogP contribution in [-0.4, -0.2) is 37.2 Å². The summed E-state index contributed by atoms with van der Waals surface area (Å²) < 4.78 is 44.7. The SMILES string of the molecule is CN1C2C=C(Cc3ccccc3C(F)(F)F)CC1COC2. The first-order valence-electron chi connectivity index (χ1n) is 7.09. The molecule has 2 unspecified atom stereocenters. The third kappa shape index (κ3) is 2.99. The lowest BCUT2D eigenvalue weighted by Gasteiger charge is -2.42. The molecule has 5 heteroatoms. The van der Waals surface area contributed by atoms with Gasteiger partial charge in [0, 0.05) is 6.04 Å². The van der Waals surface area contributed by atoms with Crippen molar-refractivity contribution in [2.75, 3.05) is 20.3 Å². The van der Waals surface area contributed by atoms with E-state index in [-0.39, 0.29) is 12.1 Å². The molecule has 0 N–H and O–H groups in total. The lowest BCUT2D eigenvalue weighted by Crippen LogP contribution is -2.51. The summed E-state index contributed by atoms with van der Waals surface area (Å²) in [4.78, 5) is 2.25. The average Bonchev–Trinajstić information content (AvgIpc) is 2.39. The summed E-state index contributed by atoms with van der Waals surface area (Å²) in [6.45, 7) is 1.28. The Kier molecular flexibility index (Phi) is 3.80. The second-order valence-electron chi connectivity index (χ2n) is 5.78. The van der Waals surface area contributed by atoms with E-state index in [4.69, 9.17) is 4.74 Å². The largest absolute Gasteiger partial charge is 0.416 e. The Morgan fingerprint density at radius 3 is 2.71 bits per heavy atom. The van der Waals surface area contributed by atoms with E-state index in [9.17, 15) is 13.2 Å². The predicted molar refractivity (Wildman–Crippen MR) is 74.0 cm³/mol. The highest BCUT2D eigenvalue weighted by atomic mass is 19.4. The Balaban J connectivity index is 1.85. The smallest absolute Gasteiger partial charge is 0.378 e. The van der Waals surface area contributed by atoms with E-state index >= 15 is 0 Å². The van der Waals surface area contributed by atoms with E-state index in [1.54, 1.807) is 12.1 Å². The highest BCUT2D eigenvalue weighted by molar-refractivity contribution is 5.34. The quantitative estimate of drug-likeness (QED) is 0.777. The van der Waals surface area contributed by atoms with Gasteiger partial charge in [-0.05, 0) is 31.5 Å². The zero-order valence-electron chi connectivity index (χ0n) is 11.9. The van der Waals surface area contributed by atoms with Crippen molar-refractivity contribution >= 4 is 0 Å². The Labute approximate surface area is 122 Å². The predicted octanol–water partition coefficient (Wildman–Crippen LogP) is 3.28. The van der Waals surface area contributed by atoms with E-state index in [0.29, 0.717) is 25.2 Å². The van der Waals surface area contributed by atoms with Gasteiger partial charge >= 0.3 is 6.18 Å². The average molecular weight is 297 g/mol. The topological polar surface area (TPSA) is 12.5 Å². The summed E-state index contributed by atoms with van der Waals surface area (Å²) in [5.74, 6) is 0. The lowest BCUT2D eigenvalue weighted by molar-refractivity contribution is -0.138. The van der Waals surface area contributed by atoms with E-state index in [2.05, 4.69) is 18.0 Å². The molecule has 0 aromatic heterocycles. The number of benzene rings is 1. The summed E-state index contributed by atoms with van der Waals surface area (Å²) >= 11 is 0. The van der Waals surface area contributed by atoms with Gasteiger partial charge in [0.25, 0.3) is 0 Å². The van der Waals surface area contributed by atoms with Crippen LogP contribution in [0.4, 0.5) is 13.2 Å². The molecule has 0 spiro atoms. The minimum absolute atomic E-state index is 0.186. The standard InChI is InChI=1S/C16H18F3NO/c1-20-13-7-11(8-14(20)10-21-9-13)6-12-4-2-3-5-15(12)16(17,18)19/h2-5,7,13-14H,6,8-10H2,1H3. The monoisotopic (exact) mass is 297 g/mol. The van der Waals surface area contributed by atoms with Crippen molar-refractivity contribution in [1.82, 2.24) is 4.90 Å². The number of rotatable bonds is 2. The number of morpholine rings is 1. The van der Waals surface area contributed by atoms with E-state index in [0.717, 1.165) is 18.1 Å². The van der Waals surface area contributed by atoms with Crippen molar-refractivity contribution in [3.8, 4) is 0 Å². The maximum atomic E-state index is 13.0. The van der Waals surface area contributed by atoms with Crippen LogP contribution in [0.3, 0.4) is 0 Å². The number of fused-ring (bicyclic) bond motifs is 2. The molecule has 21 heavy (non-hydrogen) atoms. The molecule has 2 heterocycles. The Hall–Kier alpha value is -1.33. The van der Waals surface area contributed by atoms with Gasteiger partial charge in [0.2, 0.25) is 0 Å². The van der Waals surface area contributed by atoms with Crippen LogP contribution in [0.2, 0.25) is 0 Å². The van der Waals surface area contributed by atoms with Crippen LogP contribution < -0.4 is 0 Å². The number of hydrogen-bond acceptors (Lipinski definition) is 2. The maximum Gasteiger partial charge on any atom is 0.416 e. The molecule has 1 aromatic carbocycles. The van der Waals surface area contributed by atoms with Crippen LogP contribution in [0.15, 0.2) is 35.9 Å². The third-order valence-electron chi connectivity index (χ3n) is 4.36. The fourth-order valence-electron chi connectivity index (χ4n) is 3.17. The molecular weight excluding hydrogens is 279 g/mol. The normalized spacial score (nSPS) is 26.6. The van der Waals surface area contributed by atoms with Gasteiger partial charge in [-0.3, -0.25) is 4.90 Å². The van der Waals surface area contributed by atoms with Crippen molar-refractivity contribution < 1.29 is 17.9 Å². The maximum absolute atomic E-state index is 13.0. The van der Waals surface area contributed by atoms with Gasteiger partial charge in [-0.2, -0.15) is 13.2 Å². The van der Waals surface area contributed by atoms with Crippen LogP contribution in [0.5, 0.6) is 0 Å². The van der Waals surface area contributed by atoms with E-state index in [1.807, 2.05) is 0 Å². The zero-order chi connectivity index (χ0) is 15.0. The number of ether oxygens (including phenoxy) is 1. The highest BCUT2D eigenvalue weighted by Gasteiger charge is 2.35. The number of halogens is 3. The van der Waals surface area contributed by atoms with Crippen LogP contribution in [-0.2, 0) is 17.3 Å². The molecule has 0 aliphatic carbocycles. The molecule has 0 saturated carbocycles. The summed E-state index contributed by atoms with van der Waals surface area (Å²) in [5.41, 5.74) is 0.925. The van der Waals surface area contributed by atoms with Crippen molar-refractivity contribution in [2.24, 2.45) is 0 Å². The second kappa shape index (κ2) is 5.46. The number of nitrogens with zero attached hydrogens (tertiary/aromatic N) is 1. The molecular formula is C16H18F3NO. The van der Waals surface area contributed by atoms with Crippen LogP contribution in [0.1, 0.15) is 17.5 Å². The molecule has 2 bridgehead atoms. The summed E-state index contributed by atoms with van der Waals surface area (Å²) in [6, 6.07) is 6.32. The first-order chi connectivity index (χ1) is 9.95. The Morgan fingerprint density at radius 2 is 2.00 bits per heavy atom. The summed E-state index contributed by atoms with van der Waals surface area (Å²) in [7, 11) is 2.05. The molecule has 2 atom stereocenters. The van der Waals surface area contributed by atoms with Gasteiger partial charge in [-0.25, -0.2) is 0 Å². The first kappa shape index (κ1) is 14.6. The summed E-state index contributed by atoms with van der Waals surface area (Å²) in [6.07, 6.45) is -1.07. The molecule has 1 fully saturated rings. The van der Waals surface area contributed by atoms with Gasteiger partial charge < -0.3 is 4.74 Å². The molecule has 1 aromatic rings. The van der Waals surface area contributed by atoms with E-state index < -0.39 is 11.7 Å². The van der Waals surface area contributed by atoms with Gasteiger partial charge in [0.05, 0.1) is 24.8 Å². The molecule has 2 aliphatic rings. The van der Waals surface area contributed by atoms with E-state index in [1.165, 1.54) is 6.07 Å². The van der Waals surface area contributed by atoms with Gasteiger partial charge in [0.1, 0.15) is 0 Å². The van der Waals surface area contributed by atoms with Crippen LogP contribution in [0, 0.1) is 0 Å². The van der Waals surface area contributed by atoms with Gasteiger partial charge in [0.15, 0.2) is 0 Å². The zero-order valence-corrected chi connectivity index (χ0v) is 11.9.